The minimum absolute atomic E-state index is 0.198. The smallest absolute Gasteiger partial charge is 0.257 e. The molecule has 7 heteroatoms. The van der Waals surface area contributed by atoms with Crippen LogP contribution in [-0.2, 0) is 10.0 Å². The van der Waals surface area contributed by atoms with Gasteiger partial charge in [-0.2, -0.15) is 0 Å². The molecular formula is C12H15FN2O3S. The van der Waals surface area contributed by atoms with Crippen molar-refractivity contribution >= 4 is 15.9 Å². The molecule has 0 saturated carbocycles. The first-order valence-electron chi connectivity index (χ1n) is 5.53. The van der Waals surface area contributed by atoms with E-state index in [0.717, 1.165) is 18.2 Å². The van der Waals surface area contributed by atoms with Crippen LogP contribution < -0.4 is 5.14 Å². The summed E-state index contributed by atoms with van der Waals surface area (Å²) in [5.74, 6) is -1.44. The number of nitrogens with two attached hydrogens (primary N) is 1. The van der Waals surface area contributed by atoms with Gasteiger partial charge in [0.15, 0.2) is 0 Å². The van der Waals surface area contributed by atoms with Gasteiger partial charge in [0, 0.05) is 13.1 Å². The predicted octanol–water partition coefficient (Wildman–Crippen LogP) is 1.12. The minimum atomic E-state index is -3.98. The summed E-state index contributed by atoms with van der Waals surface area (Å²) in [6.07, 6.45) is 1.53. The van der Waals surface area contributed by atoms with Crippen molar-refractivity contribution in [3.63, 3.8) is 0 Å². The second kappa shape index (κ2) is 5.94. The van der Waals surface area contributed by atoms with Gasteiger partial charge in [-0.25, -0.2) is 17.9 Å². The van der Waals surface area contributed by atoms with Gasteiger partial charge < -0.3 is 4.90 Å². The van der Waals surface area contributed by atoms with Gasteiger partial charge in [-0.05, 0) is 25.1 Å². The number of carbonyl (C=O) groups is 1. The number of rotatable bonds is 5. The molecule has 1 aromatic rings. The average Bonchev–Trinajstić information content (AvgIpc) is 2.34. The predicted molar refractivity (Wildman–Crippen MR) is 69.5 cm³/mol. The molecular weight excluding hydrogens is 271 g/mol. The maximum atomic E-state index is 13.8. The van der Waals surface area contributed by atoms with Crippen molar-refractivity contribution in [1.29, 1.82) is 0 Å². The van der Waals surface area contributed by atoms with E-state index in [-0.39, 0.29) is 17.0 Å². The van der Waals surface area contributed by atoms with Crippen LogP contribution >= 0.6 is 0 Å². The topological polar surface area (TPSA) is 80.5 Å². The molecule has 19 heavy (non-hydrogen) atoms. The molecule has 2 N–H and O–H groups in total. The third-order valence-corrected chi connectivity index (χ3v) is 3.43. The van der Waals surface area contributed by atoms with Crippen LogP contribution in [0, 0.1) is 5.82 Å². The highest BCUT2D eigenvalue weighted by Crippen LogP contribution is 2.15. The summed E-state index contributed by atoms with van der Waals surface area (Å²) >= 11 is 0. The van der Waals surface area contributed by atoms with Gasteiger partial charge in [0.25, 0.3) is 5.91 Å². The quantitative estimate of drug-likeness (QED) is 0.824. The molecule has 0 atom stereocenters. The number of nitrogens with zero attached hydrogens (tertiary/aromatic N) is 1. The third-order valence-electron chi connectivity index (χ3n) is 2.52. The van der Waals surface area contributed by atoms with Crippen molar-refractivity contribution in [2.75, 3.05) is 13.1 Å². The molecule has 0 bridgehead atoms. The maximum absolute atomic E-state index is 13.8. The normalized spacial score (nSPS) is 11.1. The Hall–Kier alpha value is -1.73. The zero-order chi connectivity index (χ0) is 14.6. The lowest BCUT2D eigenvalue weighted by atomic mass is 10.2. The van der Waals surface area contributed by atoms with Crippen LogP contribution in [0.4, 0.5) is 4.39 Å². The van der Waals surface area contributed by atoms with E-state index in [2.05, 4.69) is 6.58 Å². The number of carbonyl (C=O) groups excluding carboxylic acids is 1. The van der Waals surface area contributed by atoms with Crippen LogP contribution in [0.25, 0.3) is 0 Å². The van der Waals surface area contributed by atoms with Crippen molar-refractivity contribution in [3.8, 4) is 0 Å². The second-order valence-corrected chi connectivity index (χ2v) is 5.38. The van der Waals surface area contributed by atoms with Gasteiger partial charge in [0.05, 0.1) is 10.5 Å². The molecule has 0 aliphatic carbocycles. The van der Waals surface area contributed by atoms with E-state index < -0.39 is 21.7 Å². The first-order valence-corrected chi connectivity index (χ1v) is 7.08. The first-order chi connectivity index (χ1) is 8.81. The van der Waals surface area contributed by atoms with E-state index in [4.69, 9.17) is 5.14 Å². The fourth-order valence-electron chi connectivity index (χ4n) is 1.53. The SMILES string of the molecule is C=CCN(CC)C(=O)c1ccc(S(N)(=O)=O)cc1F. The van der Waals surface area contributed by atoms with Crippen molar-refractivity contribution in [1.82, 2.24) is 4.90 Å². The highest BCUT2D eigenvalue weighted by molar-refractivity contribution is 7.89. The summed E-state index contributed by atoms with van der Waals surface area (Å²) in [4.78, 5) is 13.0. The average molecular weight is 286 g/mol. The Kier molecular flexibility index (Phi) is 4.79. The molecule has 0 saturated heterocycles. The summed E-state index contributed by atoms with van der Waals surface area (Å²) < 4.78 is 35.9. The summed E-state index contributed by atoms with van der Waals surface area (Å²) in [6, 6.07) is 2.96. The largest absolute Gasteiger partial charge is 0.335 e. The van der Waals surface area contributed by atoms with Gasteiger partial charge in [0.1, 0.15) is 5.82 Å². The molecule has 0 unspecified atom stereocenters. The number of halogens is 1. The number of hydrogen-bond donors (Lipinski definition) is 1. The molecule has 0 aliphatic heterocycles. The fraction of sp³-hybridized carbons (Fsp3) is 0.250. The highest BCUT2D eigenvalue weighted by atomic mass is 32.2. The Labute approximate surface area is 111 Å². The minimum Gasteiger partial charge on any atom is -0.335 e. The molecule has 5 nitrogen and oxygen atoms in total. The van der Waals surface area contributed by atoms with Crippen molar-refractivity contribution in [2.45, 2.75) is 11.8 Å². The van der Waals surface area contributed by atoms with Crippen molar-refractivity contribution in [3.05, 3.63) is 42.2 Å². The maximum Gasteiger partial charge on any atom is 0.257 e. The molecule has 0 radical (unpaired) electrons. The molecule has 1 rings (SSSR count). The fourth-order valence-corrected chi connectivity index (χ4v) is 2.05. The van der Waals surface area contributed by atoms with E-state index in [9.17, 15) is 17.6 Å². The van der Waals surface area contributed by atoms with E-state index in [1.54, 1.807) is 6.92 Å². The molecule has 0 aromatic heterocycles. The Morgan fingerprint density at radius 1 is 1.53 bits per heavy atom. The number of hydrogen-bond acceptors (Lipinski definition) is 3. The summed E-state index contributed by atoms with van der Waals surface area (Å²) in [6.45, 7) is 5.93. The third kappa shape index (κ3) is 3.62. The Balaban J connectivity index is 3.16. The van der Waals surface area contributed by atoms with Crippen LogP contribution in [0.1, 0.15) is 17.3 Å². The van der Waals surface area contributed by atoms with E-state index in [1.165, 1.54) is 11.0 Å². The number of amides is 1. The molecule has 1 amide bonds. The van der Waals surface area contributed by atoms with Crippen molar-refractivity contribution in [2.24, 2.45) is 5.14 Å². The van der Waals surface area contributed by atoms with Gasteiger partial charge in [-0.3, -0.25) is 4.79 Å². The van der Waals surface area contributed by atoms with Crippen LogP contribution in [0.5, 0.6) is 0 Å². The monoisotopic (exact) mass is 286 g/mol. The molecule has 0 fully saturated rings. The number of primary sulfonamides is 1. The summed E-state index contributed by atoms with van der Waals surface area (Å²) in [7, 11) is -3.98. The lowest BCUT2D eigenvalue weighted by Crippen LogP contribution is -2.31. The van der Waals surface area contributed by atoms with Gasteiger partial charge in [-0.15, -0.1) is 6.58 Å². The van der Waals surface area contributed by atoms with Gasteiger partial charge in [-0.1, -0.05) is 6.08 Å². The molecule has 0 heterocycles. The molecule has 0 spiro atoms. The van der Waals surface area contributed by atoms with Gasteiger partial charge in [0.2, 0.25) is 10.0 Å². The van der Waals surface area contributed by atoms with Crippen molar-refractivity contribution < 1.29 is 17.6 Å². The van der Waals surface area contributed by atoms with Crippen LogP contribution in [0.3, 0.4) is 0 Å². The zero-order valence-corrected chi connectivity index (χ0v) is 11.3. The number of sulfonamides is 1. The molecule has 0 aliphatic rings. The van der Waals surface area contributed by atoms with E-state index in [0.29, 0.717) is 6.54 Å². The van der Waals surface area contributed by atoms with Crippen LogP contribution in [0.2, 0.25) is 0 Å². The standard InChI is InChI=1S/C12H15FN2O3S/c1-3-7-15(4-2)12(16)10-6-5-9(8-11(10)13)19(14,17)18/h3,5-6,8H,1,4,7H2,2H3,(H2,14,17,18). The van der Waals surface area contributed by atoms with Crippen LogP contribution in [0.15, 0.2) is 35.7 Å². The first kappa shape index (κ1) is 15.3. The molecule has 1 aromatic carbocycles. The summed E-state index contributed by atoms with van der Waals surface area (Å²) in [5, 5.41) is 4.88. The Bertz CT molecular complexity index is 599. The molecule has 104 valence electrons. The number of likely N-dealkylation sites (N-methyl/N-ethyl adjacent to an activating group) is 1. The number of benzene rings is 1. The van der Waals surface area contributed by atoms with Crippen LogP contribution in [-0.4, -0.2) is 32.3 Å². The second-order valence-electron chi connectivity index (χ2n) is 3.82. The van der Waals surface area contributed by atoms with Gasteiger partial charge >= 0.3 is 0 Å². The van der Waals surface area contributed by atoms with E-state index in [1.807, 2.05) is 0 Å². The van der Waals surface area contributed by atoms with E-state index >= 15 is 0 Å². The lowest BCUT2D eigenvalue weighted by molar-refractivity contribution is 0.0777. The Morgan fingerprint density at radius 2 is 2.16 bits per heavy atom. The highest BCUT2D eigenvalue weighted by Gasteiger charge is 2.19. The Morgan fingerprint density at radius 3 is 2.58 bits per heavy atom. The lowest BCUT2D eigenvalue weighted by Gasteiger charge is -2.19. The summed E-state index contributed by atoms with van der Waals surface area (Å²) in [5.41, 5.74) is -0.198. The zero-order valence-electron chi connectivity index (χ0n) is 10.5.